The van der Waals surface area contributed by atoms with Gasteiger partial charge in [-0.05, 0) is 13.3 Å². The van der Waals surface area contributed by atoms with E-state index < -0.39 is 0 Å². The Morgan fingerprint density at radius 1 is 1.47 bits per heavy atom. The molecule has 2 rings (SSSR count). The molecular weight excluding hydrogens is 262 g/mol. The van der Waals surface area contributed by atoms with Crippen LogP contribution in [0.3, 0.4) is 0 Å². The minimum atomic E-state index is -0.360. The van der Waals surface area contributed by atoms with Crippen LogP contribution in [-0.4, -0.2) is 16.5 Å². The number of benzene rings is 1. The normalized spacial score (nSPS) is 10.4. The molecule has 0 saturated carbocycles. The lowest BCUT2D eigenvalue weighted by Crippen LogP contribution is -1.98. The van der Waals surface area contributed by atoms with Crippen LogP contribution < -0.4 is 5.32 Å². The van der Waals surface area contributed by atoms with Crippen LogP contribution in [0.25, 0.3) is 11.3 Å². The molecule has 0 saturated heterocycles. The van der Waals surface area contributed by atoms with Gasteiger partial charge in [0.1, 0.15) is 0 Å². The van der Waals surface area contributed by atoms with Crippen LogP contribution in [0.2, 0.25) is 0 Å². The number of nitro benzene ring substituents is 1. The van der Waals surface area contributed by atoms with E-state index in [1.54, 1.807) is 19.1 Å². The van der Waals surface area contributed by atoms with E-state index in [0.29, 0.717) is 5.56 Å². The van der Waals surface area contributed by atoms with Crippen molar-refractivity contribution in [3.05, 3.63) is 39.3 Å². The Morgan fingerprint density at radius 3 is 2.95 bits per heavy atom. The van der Waals surface area contributed by atoms with Gasteiger partial charge in [0.05, 0.1) is 10.6 Å². The maximum atomic E-state index is 10.9. The second-order valence-electron chi connectivity index (χ2n) is 4.22. The zero-order valence-electron chi connectivity index (χ0n) is 10.8. The third kappa shape index (κ3) is 3.08. The van der Waals surface area contributed by atoms with Crippen molar-refractivity contribution >= 4 is 22.2 Å². The average Bonchev–Trinajstić information content (AvgIpc) is 2.85. The van der Waals surface area contributed by atoms with Gasteiger partial charge in [-0.3, -0.25) is 10.1 Å². The smallest absolute Gasteiger partial charge is 0.272 e. The summed E-state index contributed by atoms with van der Waals surface area (Å²) >= 11 is 1.51. The molecule has 0 unspecified atom stereocenters. The van der Waals surface area contributed by atoms with E-state index in [-0.39, 0.29) is 10.6 Å². The Labute approximate surface area is 115 Å². The molecular formula is C13H15N3O2S. The van der Waals surface area contributed by atoms with E-state index in [1.807, 2.05) is 11.4 Å². The van der Waals surface area contributed by atoms with E-state index in [4.69, 9.17) is 0 Å². The SMILES string of the molecule is CCCNc1nc(-c2ccc(C)c([N+](=O)[O-])c2)cs1. The largest absolute Gasteiger partial charge is 0.362 e. The number of hydrogen-bond acceptors (Lipinski definition) is 5. The van der Waals surface area contributed by atoms with Crippen molar-refractivity contribution in [2.24, 2.45) is 0 Å². The highest BCUT2D eigenvalue weighted by molar-refractivity contribution is 7.14. The summed E-state index contributed by atoms with van der Waals surface area (Å²) in [5.74, 6) is 0. The molecule has 100 valence electrons. The van der Waals surface area contributed by atoms with Crippen LogP contribution in [0.5, 0.6) is 0 Å². The number of rotatable bonds is 5. The Kier molecular flexibility index (Phi) is 4.11. The van der Waals surface area contributed by atoms with Gasteiger partial charge >= 0.3 is 0 Å². The third-order valence-electron chi connectivity index (χ3n) is 2.73. The van der Waals surface area contributed by atoms with Gasteiger partial charge in [0, 0.05) is 29.1 Å². The lowest BCUT2D eigenvalue weighted by atomic mass is 10.1. The molecule has 0 spiro atoms. The summed E-state index contributed by atoms with van der Waals surface area (Å²) in [5, 5.41) is 16.9. The van der Waals surface area contributed by atoms with E-state index in [2.05, 4.69) is 17.2 Å². The van der Waals surface area contributed by atoms with Crippen molar-refractivity contribution in [1.29, 1.82) is 0 Å². The first-order valence-corrected chi connectivity index (χ1v) is 6.94. The second kappa shape index (κ2) is 5.79. The first kappa shape index (κ1) is 13.5. The van der Waals surface area contributed by atoms with Crippen molar-refractivity contribution in [2.45, 2.75) is 20.3 Å². The quantitative estimate of drug-likeness (QED) is 0.665. The molecule has 2 aromatic rings. The molecule has 19 heavy (non-hydrogen) atoms. The molecule has 1 heterocycles. The van der Waals surface area contributed by atoms with Crippen molar-refractivity contribution in [2.75, 3.05) is 11.9 Å². The Bertz CT molecular complexity index is 595. The molecule has 1 aromatic carbocycles. The van der Waals surface area contributed by atoms with Gasteiger partial charge in [0.15, 0.2) is 5.13 Å². The summed E-state index contributed by atoms with van der Waals surface area (Å²) in [7, 11) is 0. The van der Waals surface area contributed by atoms with Gasteiger partial charge < -0.3 is 5.32 Å². The van der Waals surface area contributed by atoms with E-state index >= 15 is 0 Å². The fraction of sp³-hybridized carbons (Fsp3) is 0.308. The summed E-state index contributed by atoms with van der Waals surface area (Å²) in [6, 6.07) is 5.20. The summed E-state index contributed by atoms with van der Waals surface area (Å²) in [5.41, 5.74) is 2.34. The number of nitrogens with zero attached hydrogens (tertiary/aromatic N) is 2. The molecule has 5 nitrogen and oxygen atoms in total. The summed E-state index contributed by atoms with van der Waals surface area (Å²) in [6.45, 7) is 4.70. The standard InChI is InChI=1S/C13H15N3O2S/c1-3-6-14-13-15-11(8-19-13)10-5-4-9(2)12(7-10)16(17)18/h4-5,7-8H,3,6H2,1-2H3,(H,14,15). The molecule has 0 aliphatic heterocycles. The number of nitrogens with one attached hydrogen (secondary N) is 1. The van der Waals surface area contributed by atoms with Gasteiger partial charge in [0.2, 0.25) is 0 Å². The van der Waals surface area contributed by atoms with Crippen LogP contribution in [0, 0.1) is 17.0 Å². The first-order valence-electron chi connectivity index (χ1n) is 6.06. The second-order valence-corrected chi connectivity index (χ2v) is 5.08. The highest BCUT2D eigenvalue weighted by Gasteiger charge is 2.13. The van der Waals surface area contributed by atoms with Crippen molar-refractivity contribution < 1.29 is 4.92 Å². The molecule has 1 N–H and O–H groups in total. The number of aromatic nitrogens is 1. The Morgan fingerprint density at radius 2 is 2.26 bits per heavy atom. The van der Waals surface area contributed by atoms with E-state index in [0.717, 1.165) is 29.4 Å². The Hall–Kier alpha value is -1.95. The summed E-state index contributed by atoms with van der Waals surface area (Å²) < 4.78 is 0. The van der Waals surface area contributed by atoms with Gasteiger partial charge in [-0.25, -0.2) is 4.98 Å². The fourth-order valence-electron chi connectivity index (χ4n) is 1.68. The highest BCUT2D eigenvalue weighted by atomic mass is 32.1. The number of thiazole rings is 1. The number of nitro groups is 1. The monoisotopic (exact) mass is 277 g/mol. The molecule has 0 radical (unpaired) electrons. The minimum Gasteiger partial charge on any atom is -0.362 e. The molecule has 1 aromatic heterocycles. The number of aryl methyl sites for hydroxylation is 1. The predicted octanol–water partition coefficient (Wildman–Crippen LogP) is 3.85. The zero-order chi connectivity index (χ0) is 13.8. The topological polar surface area (TPSA) is 68.1 Å². The molecule has 0 atom stereocenters. The number of anilines is 1. The first-order chi connectivity index (χ1) is 9.11. The molecule has 0 aliphatic rings. The molecule has 6 heteroatoms. The highest BCUT2D eigenvalue weighted by Crippen LogP contribution is 2.29. The van der Waals surface area contributed by atoms with Crippen molar-refractivity contribution in [3.63, 3.8) is 0 Å². The maximum Gasteiger partial charge on any atom is 0.272 e. The molecule has 0 aliphatic carbocycles. The average molecular weight is 277 g/mol. The van der Waals surface area contributed by atoms with Crippen LogP contribution in [0.15, 0.2) is 23.6 Å². The summed E-state index contributed by atoms with van der Waals surface area (Å²) in [4.78, 5) is 15.0. The van der Waals surface area contributed by atoms with Crippen LogP contribution in [0.1, 0.15) is 18.9 Å². The maximum absolute atomic E-state index is 10.9. The van der Waals surface area contributed by atoms with E-state index in [9.17, 15) is 10.1 Å². The fourth-order valence-corrected chi connectivity index (χ4v) is 2.43. The molecule has 0 fully saturated rings. The lowest BCUT2D eigenvalue weighted by molar-refractivity contribution is -0.385. The van der Waals surface area contributed by atoms with Crippen LogP contribution >= 0.6 is 11.3 Å². The van der Waals surface area contributed by atoms with Crippen LogP contribution in [-0.2, 0) is 0 Å². The van der Waals surface area contributed by atoms with Gasteiger partial charge in [-0.1, -0.05) is 19.1 Å². The van der Waals surface area contributed by atoms with Crippen LogP contribution in [0.4, 0.5) is 10.8 Å². The van der Waals surface area contributed by atoms with Gasteiger partial charge in [0.25, 0.3) is 5.69 Å². The Balaban J connectivity index is 2.29. The molecule has 0 amide bonds. The minimum absolute atomic E-state index is 0.133. The van der Waals surface area contributed by atoms with E-state index in [1.165, 1.54) is 11.3 Å². The third-order valence-corrected chi connectivity index (χ3v) is 3.53. The van der Waals surface area contributed by atoms with Gasteiger partial charge in [-0.15, -0.1) is 11.3 Å². The zero-order valence-corrected chi connectivity index (χ0v) is 11.7. The summed E-state index contributed by atoms with van der Waals surface area (Å²) in [6.07, 6.45) is 1.03. The molecule has 0 bridgehead atoms. The van der Waals surface area contributed by atoms with Gasteiger partial charge in [-0.2, -0.15) is 0 Å². The predicted molar refractivity (Wildman–Crippen MR) is 77.7 cm³/mol. The number of hydrogen-bond donors (Lipinski definition) is 1. The van der Waals surface area contributed by atoms with Crippen molar-refractivity contribution in [3.8, 4) is 11.3 Å². The lowest BCUT2D eigenvalue weighted by Gasteiger charge is -2.01. The van der Waals surface area contributed by atoms with Crippen molar-refractivity contribution in [1.82, 2.24) is 4.98 Å².